The van der Waals surface area contributed by atoms with E-state index in [0.29, 0.717) is 0 Å². The van der Waals surface area contributed by atoms with Crippen molar-refractivity contribution in [1.82, 2.24) is 4.90 Å². The molecule has 1 aliphatic carbocycles. The van der Waals surface area contributed by atoms with Gasteiger partial charge in [0.15, 0.2) is 0 Å². The van der Waals surface area contributed by atoms with Crippen LogP contribution in [-0.2, 0) is 5.54 Å². The minimum absolute atomic E-state index is 0.0839. The predicted molar refractivity (Wildman–Crippen MR) is 56.6 cm³/mol. The highest BCUT2D eigenvalue weighted by Gasteiger charge is 2.49. The standard InChI is InChI=1S/C11H13NOS/c1-12-10(13)8-4-7-14-9(8)11(12)5-2-3-6-11/h4,7H,2-3,5-6H2,1H3. The molecule has 1 saturated carbocycles. The Labute approximate surface area is 87.5 Å². The van der Waals surface area contributed by atoms with E-state index >= 15 is 0 Å². The van der Waals surface area contributed by atoms with Gasteiger partial charge in [-0.2, -0.15) is 0 Å². The van der Waals surface area contributed by atoms with Crippen LogP contribution >= 0.6 is 11.3 Å². The molecule has 0 radical (unpaired) electrons. The SMILES string of the molecule is CN1C(=O)c2ccsc2C12CCCC2. The Hall–Kier alpha value is -0.830. The Bertz CT molecular complexity index is 390. The summed E-state index contributed by atoms with van der Waals surface area (Å²) in [5.74, 6) is 0.225. The Balaban J connectivity index is 2.20. The minimum Gasteiger partial charge on any atom is -0.331 e. The summed E-state index contributed by atoms with van der Waals surface area (Å²) in [6.45, 7) is 0. The van der Waals surface area contributed by atoms with Gasteiger partial charge in [0.05, 0.1) is 11.1 Å². The summed E-state index contributed by atoms with van der Waals surface area (Å²) < 4.78 is 0. The summed E-state index contributed by atoms with van der Waals surface area (Å²) >= 11 is 1.75. The molecule has 0 unspecified atom stereocenters. The van der Waals surface area contributed by atoms with Crippen molar-refractivity contribution >= 4 is 17.2 Å². The van der Waals surface area contributed by atoms with Crippen LogP contribution in [0.2, 0.25) is 0 Å². The van der Waals surface area contributed by atoms with Crippen molar-refractivity contribution in [2.45, 2.75) is 31.2 Å². The molecule has 3 heteroatoms. The molecule has 0 aromatic carbocycles. The molecule has 1 amide bonds. The second-order valence-corrected chi connectivity index (χ2v) is 5.18. The number of carbonyl (C=O) groups is 1. The van der Waals surface area contributed by atoms with Crippen LogP contribution in [0, 0.1) is 0 Å². The van der Waals surface area contributed by atoms with Gasteiger partial charge in [-0.05, 0) is 24.3 Å². The molecule has 1 aromatic heterocycles. The summed E-state index contributed by atoms with van der Waals surface area (Å²) in [6, 6.07) is 1.98. The third-order valence-corrected chi connectivity index (χ3v) is 4.80. The largest absolute Gasteiger partial charge is 0.331 e. The van der Waals surface area contributed by atoms with Gasteiger partial charge >= 0.3 is 0 Å². The van der Waals surface area contributed by atoms with Crippen molar-refractivity contribution in [2.24, 2.45) is 0 Å². The average molecular weight is 207 g/mol. The van der Waals surface area contributed by atoms with E-state index in [4.69, 9.17) is 0 Å². The zero-order chi connectivity index (χ0) is 9.76. The molecule has 3 rings (SSSR count). The Morgan fingerprint density at radius 2 is 2.14 bits per heavy atom. The van der Waals surface area contributed by atoms with Gasteiger partial charge in [0.25, 0.3) is 5.91 Å². The highest BCUT2D eigenvalue weighted by atomic mass is 32.1. The predicted octanol–water partition coefficient (Wildman–Crippen LogP) is 2.60. The van der Waals surface area contributed by atoms with E-state index in [9.17, 15) is 4.79 Å². The maximum absolute atomic E-state index is 12.0. The fourth-order valence-corrected chi connectivity index (χ4v) is 4.07. The molecule has 74 valence electrons. The normalized spacial score (nSPS) is 23.5. The summed E-state index contributed by atoms with van der Waals surface area (Å²) in [5.41, 5.74) is 1.04. The first-order chi connectivity index (χ1) is 6.76. The topological polar surface area (TPSA) is 20.3 Å². The molecule has 14 heavy (non-hydrogen) atoms. The number of thiophene rings is 1. The van der Waals surface area contributed by atoms with Gasteiger partial charge in [-0.3, -0.25) is 4.79 Å². The van der Waals surface area contributed by atoms with Crippen LogP contribution < -0.4 is 0 Å². The lowest BCUT2D eigenvalue weighted by Crippen LogP contribution is -2.38. The molecule has 1 aromatic rings. The molecule has 0 bridgehead atoms. The van der Waals surface area contributed by atoms with E-state index in [1.54, 1.807) is 11.3 Å². The van der Waals surface area contributed by atoms with Crippen LogP contribution in [0.25, 0.3) is 0 Å². The number of rotatable bonds is 0. The van der Waals surface area contributed by atoms with Gasteiger partial charge in [-0.25, -0.2) is 0 Å². The minimum atomic E-state index is 0.0839. The van der Waals surface area contributed by atoms with E-state index in [1.807, 2.05) is 18.0 Å². The second-order valence-electron chi connectivity index (χ2n) is 4.27. The summed E-state index contributed by atoms with van der Waals surface area (Å²) in [7, 11) is 1.96. The molecule has 1 spiro atoms. The summed E-state index contributed by atoms with van der Waals surface area (Å²) in [6.07, 6.45) is 4.83. The Morgan fingerprint density at radius 3 is 2.86 bits per heavy atom. The summed E-state index contributed by atoms with van der Waals surface area (Å²) in [5, 5.41) is 2.05. The Morgan fingerprint density at radius 1 is 1.43 bits per heavy atom. The van der Waals surface area contributed by atoms with Crippen molar-refractivity contribution in [3.8, 4) is 0 Å². The zero-order valence-electron chi connectivity index (χ0n) is 8.25. The van der Waals surface area contributed by atoms with Crippen molar-refractivity contribution in [3.63, 3.8) is 0 Å². The molecule has 1 aliphatic heterocycles. The van der Waals surface area contributed by atoms with Gasteiger partial charge in [-0.1, -0.05) is 12.8 Å². The van der Waals surface area contributed by atoms with Crippen molar-refractivity contribution in [3.05, 3.63) is 21.9 Å². The quantitative estimate of drug-likeness (QED) is 0.640. The second kappa shape index (κ2) is 2.60. The lowest BCUT2D eigenvalue weighted by atomic mass is 9.96. The molecule has 0 saturated heterocycles. The van der Waals surface area contributed by atoms with E-state index < -0.39 is 0 Å². The van der Waals surface area contributed by atoms with Crippen LogP contribution in [0.1, 0.15) is 40.9 Å². The first-order valence-electron chi connectivity index (χ1n) is 5.12. The van der Waals surface area contributed by atoms with Crippen molar-refractivity contribution in [1.29, 1.82) is 0 Å². The molecule has 2 nitrogen and oxygen atoms in total. The third kappa shape index (κ3) is 0.793. The van der Waals surface area contributed by atoms with Crippen molar-refractivity contribution in [2.75, 3.05) is 7.05 Å². The zero-order valence-corrected chi connectivity index (χ0v) is 9.06. The van der Waals surface area contributed by atoms with E-state index in [0.717, 1.165) is 18.4 Å². The van der Waals surface area contributed by atoms with Gasteiger partial charge < -0.3 is 4.90 Å². The van der Waals surface area contributed by atoms with E-state index in [-0.39, 0.29) is 11.4 Å². The van der Waals surface area contributed by atoms with Crippen LogP contribution in [-0.4, -0.2) is 17.9 Å². The number of hydrogen-bond acceptors (Lipinski definition) is 2. The van der Waals surface area contributed by atoms with Crippen LogP contribution in [0.15, 0.2) is 11.4 Å². The lowest BCUT2D eigenvalue weighted by molar-refractivity contribution is 0.0645. The molecular weight excluding hydrogens is 194 g/mol. The van der Waals surface area contributed by atoms with E-state index in [1.165, 1.54) is 17.7 Å². The van der Waals surface area contributed by atoms with Gasteiger partial charge in [0, 0.05) is 11.9 Å². The molecule has 1 fully saturated rings. The molecule has 0 atom stereocenters. The van der Waals surface area contributed by atoms with Crippen molar-refractivity contribution < 1.29 is 4.79 Å². The molecule has 2 heterocycles. The number of amides is 1. The monoisotopic (exact) mass is 207 g/mol. The fourth-order valence-electron chi connectivity index (χ4n) is 2.89. The number of fused-ring (bicyclic) bond motifs is 2. The number of carbonyl (C=O) groups excluding carboxylic acids is 1. The van der Waals surface area contributed by atoms with Crippen LogP contribution in [0.5, 0.6) is 0 Å². The first kappa shape index (κ1) is 8.48. The van der Waals surface area contributed by atoms with E-state index in [2.05, 4.69) is 5.38 Å². The first-order valence-corrected chi connectivity index (χ1v) is 6.00. The van der Waals surface area contributed by atoms with Gasteiger partial charge in [-0.15, -0.1) is 11.3 Å². The third-order valence-electron chi connectivity index (χ3n) is 3.70. The maximum Gasteiger partial charge on any atom is 0.255 e. The van der Waals surface area contributed by atoms with Gasteiger partial charge in [0.2, 0.25) is 0 Å². The van der Waals surface area contributed by atoms with Gasteiger partial charge in [0.1, 0.15) is 0 Å². The molecular formula is C11H13NOS. The lowest BCUT2D eigenvalue weighted by Gasteiger charge is -2.32. The number of nitrogens with zero attached hydrogens (tertiary/aromatic N) is 1. The average Bonchev–Trinajstić information content (AvgIpc) is 2.86. The Kier molecular flexibility index (Phi) is 1.57. The number of hydrogen-bond donors (Lipinski definition) is 0. The van der Waals surface area contributed by atoms with Crippen LogP contribution in [0.3, 0.4) is 0 Å². The fraction of sp³-hybridized carbons (Fsp3) is 0.545. The summed E-state index contributed by atoms with van der Waals surface area (Å²) in [4.78, 5) is 15.2. The molecule has 2 aliphatic rings. The maximum atomic E-state index is 12.0. The highest BCUT2D eigenvalue weighted by molar-refractivity contribution is 7.10. The van der Waals surface area contributed by atoms with Crippen LogP contribution in [0.4, 0.5) is 0 Å². The highest BCUT2D eigenvalue weighted by Crippen LogP contribution is 2.51. The molecule has 0 N–H and O–H groups in total. The smallest absolute Gasteiger partial charge is 0.255 e.